The topological polar surface area (TPSA) is 15.3 Å². The van der Waals surface area contributed by atoms with E-state index in [-0.39, 0.29) is 18.2 Å². The van der Waals surface area contributed by atoms with Crippen molar-refractivity contribution in [2.45, 2.75) is 26.4 Å². The molecule has 17 heavy (non-hydrogen) atoms. The van der Waals surface area contributed by atoms with Gasteiger partial charge in [-0.2, -0.15) is 0 Å². The summed E-state index contributed by atoms with van der Waals surface area (Å²) in [4.78, 5) is 2.39. The molecule has 1 saturated heterocycles. The van der Waals surface area contributed by atoms with Crippen molar-refractivity contribution in [1.82, 2.24) is 10.2 Å². The number of benzene rings is 1. The second-order valence-electron chi connectivity index (χ2n) is 4.61. The molecule has 2 rings (SSSR count). The Morgan fingerprint density at radius 1 is 1.47 bits per heavy atom. The van der Waals surface area contributed by atoms with Gasteiger partial charge in [-0.3, -0.25) is 4.90 Å². The van der Waals surface area contributed by atoms with Crippen LogP contribution in [0.2, 0.25) is 0 Å². The van der Waals surface area contributed by atoms with Crippen LogP contribution in [0.4, 0.5) is 4.39 Å². The molecule has 96 valence electrons. The lowest BCUT2D eigenvalue weighted by Gasteiger charge is -2.33. The van der Waals surface area contributed by atoms with Crippen molar-refractivity contribution >= 4 is 12.4 Å². The summed E-state index contributed by atoms with van der Waals surface area (Å²) in [7, 11) is 0. The summed E-state index contributed by atoms with van der Waals surface area (Å²) in [5, 5.41) is 3.36. The van der Waals surface area contributed by atoms with Gasteiger partial charge in [0.1, 0.15) is 5.82 Å². The highest BCUT2D eigenvalue weighted by Gasteiger charge is 2.17. The van der Waals surface area contributed by atoms with Crippen LogP contribution in [0, 0.1) is 12.7 Å². The summed E-state index contributed by atoms with van der Waals surface area (Å²) in [6, 6.07) is 6.06. The van der Waals surface area contributed by atoms with Gasteiger partial charge >= 0.3 is 0 Å². The average Bonchev–Trinajstić information content (AvgIpc) is 2.27. The number of piperazine rings is 1. The van der Waals surface area contributed by atoms with Crippen LogP contribution < -0.4 is 5.32 Å². The SMILES string of the molecule is Cc1ccc(CN2CCNCC2C)cc1F.Cl. The Balaban J connectivity index is 0.00000144. The first-order chi connectivity index (χ1) is 7.66. The molecule has 0 saturated carbocycles. The standard InChI is InChI=1S/C13H19FN2.ClH/c1-10-3-4-12(7-13(10)14)9-16-6-5-15-8-11(16)2;/h3-4,7,11,15H,5-6,8-9H2,1-2H3;1H. The van der Waals surface area contributed by atoms with E-state index in [4.69, 9.17) is 0 Å². The Kier molecular flexibility index (Phi) is 5.37. The van der Waals surface area contributed by atoms with Crippen molar-refractivity contribution in [2.75, 3.05) is 19.6 Å². The van der Waals surface area contributed by atoms with E-state index in [9.17, 15) is 4.39 Å². The molecule has 1 atom stereocenters. The number of hydrogen-bond donors (Lipinski definition) is 1. The monoisotopic (exact) mass is 258 g/mol. The molecular formula is C13H20ClFN2. The first-order valence-corrected chi connectivity index (χ1v) is 5.86. The van der Waals surface area contributed by atoms with E-state index in [1.54, 1.807) is 13.0 Å². The molecule has 1 aromatic rings. The number of nitrogens with one attached hydrogen (secondary N) is 1. The van der Waals surface area contributed by atoms with Crippen molar-refractivity contribution in [3.05, 3.63) is 35.1 Å². The third-order valence-electron chi connectivity index (χ3n) is 3.26. The summed E-state index contributed by atoms with van der Waals surface area (Å²) in [6.45, 7) is 7.94. The highest BCUT2D eigenvalue weighted by Crippen LogP contribution is 2.13. The van der Waals surface area contributed by atoms with Crippen LogP contribution in [0.25, 0.3) is 0 Å². The molecule has 1 unspecified atom stereocenters. The summed E-state index contributed by atoms with van der Waals surface area (Å²) in [5.74, 6) is -0.0970. The molecule has 1 heterocycles. The van der Waals surface area contributed by atoms with Crippen LogP contribution in [0.1, 0.15) is 18.1 Å². The molecule has 4 heteroatoms. The Morgan fingerprint density at radius 3 is 2.88 bits per heavy atom. The zero-order valence-corrected chi connectivity index (χ0v) is 11.2. The number of halogens is 2. The second-order valence-corrected chi connectivity index (χ2v) is 4.61. The van der Waals surface area contributed by atoms with Gasteiger partial charge in [-0.1, -0.05) is 12.1 Å². The summed E-state index contributed by atoms with van der Waals surface area (Å²) in [5.41, 5.74) is 1.79. The van der Waals surface area contributed by atoms with E-state index in [1.807, 2.05) is 12.1 Å². The minimum atomic E-state index is -0.0970. The number of nitrogens with zero attached hydrogens (tertiary/aromatic N) is 1. The molecule has 0 aliphatic carbocycles. The fraction of sp³-hybridized carbons (Fsp3) is 0.538. The molecule has 2 nitrogen and oxygen atoms in total. The molecule has 0 aromatic heterocycles. The lowest BCUT2D eigenvalue weighted by molar-refractivity contribution is 0.165. The number of rotatable bonds is 2. The van der Waals surface area contributed by atoms with Crippen LogP contribution in [-0.2, 0) is 6.54 Å². The van der Waals surface area contributed by atoms with Gasteiger partial charge in [-0.15, -0.1) is 12.4 Å². The van der Waals surface area contributed by atoms with Gasteiger partial charge in [0.05, 0.1) is 0 Å². The van der Waals surface area contributed by atoms with Crippen LogP contribution >= 0.6 is 12.4 Å². The van der Waals surface area contributed by atoms with Gasteiger partial charge in [0.2, 0.25) is 0 Å². The third-order valence-corrected chi connectivity index (χ3v) is 3.26. The van der Waals surface area contributed by atoms with Crippen molar-refractivity contribution in [3.63, 3.8) is 0 Å². The fourth-order valence-electron chi connectivity index (χ4n) is 2.09. The molecular weight excluding hydrogens is 239 g/mol. The normalized spacial score (nSPS) is 21.0. The van der Waals surface area contributed by atoms with Crippen LogP contribution in [-0.4, -0.2) is 30.6 Å². The Hall–Kier alpha value is -0.640. The van der Waals surface area contributed by atoms with Crippen LogP contribution in [0.15, 0.2) is 18.2 Å². The quantitative estimate of drug-likeness (QED) is 0.876. The minimum absolute atomic E-state index is 0. The van der Waals surface area contributed by atoms with Crippen molar-refractivity contribution < 1.29 is 4.39 Å². The maximum atomic E-state index is 13.4. The van der Waals surface area contributed by atoms with Crippen molar-refractivity contribution in [2.24, 2.45) is 0 Å². The largest absolute Gasteiger partial charge is 0.314 e. The lowest BCUT2D eigenvalue weighted by Crippen LogP contribution is -2.49. The van der Waals surface area contributed by atoms with Gasteiger partial charge in [-0.05, 0) is 31.0 Å². The second kappa shape index (κ2) is 6.34. The number of aryl methyl sites for hydroxylation is 1. The highest BCUT2D eigenvalue weighted by atomic mass is 35.5. The fourth-order valence-corrected chi connectivity index (χ4v) is 2.09. The lowest BCUT2D eigenvalue weighted by atomic mass is 10.1. The smallest absolute Gasteiger partial charge is 0.126 e. The molecule has 0 bridgehead atoms. The van der Waals surface area contributed by atoms with E-state index >= 15 is 0 Å². The highest BCUT2D eigenvalue weighted by molar-refractivity contribution is 5.85. The minimum Gasteiger partial charge on any atom is -0.314 e. The van der Waals surface area contributed by atoms with Crippen molar-refractivity contribution in [3.8, 4) is 0 Å². The van der Waals surface area contributed by atoms with Crippen molar-refractivity contribution in [1.29, 1.82) is 0 Å². The van der Waals surface area contributed by atoms with Gasteiger partial charge in [0, 0.05) is 32.2 Å². The Labute approximate surface area is 109 Å². The first-order valence-electron chi connectivity index (χ1n) is 5.86. The Bertz CT molecular complexity index is 370. The predicted molar refractivity (Wildman–Crippen MR) is 71.1 cm³/mol. The molecule has 1 aliphatic heterocycles. The van der Waals surface area contributed by atoms with Gasteiger partial charge in [0.15, 0.2) is 0 Å². The molecule has 0 radical (unpaired) electrons. The molecule has 0 spiro atoms. The first kappa shape index (κ1) is 14.4. The van der Waals surface area contributed by atoms with Gasteiger partial charge < -0.3 is 5.32 Å². The molecule has 1 aromatic carbocycles. The molecule has 1 N–H and O–H groups in total. The van der Waals surface area contributed by atoms with Gasteiger partial charge in [-0.25, -0.2) is 4.39 Å². The van der Waals surface area contributed by atoms with E-state index in [0.717, 1.165) is 37.3 Å². The molecule has 1 aliphatic rings. The van der Waals surface area contributed by atoms with Gasteiger partial charge in [0.25, 0.3) is 0 Å². The zero-order valence-electron chi connectivity index (χ0n) is 10.4. The van der Waals surface area contributed by atoms with E-state index in [0.29, 0.717) is 6.04 Å². The maximum absolute atomic E-state index is 13.4. The maximum Gasteiger partial charge on any atom is 0.126 e. The predicted octanol–water partition coefficient (Wildman–Crippen LogP) is 2.35. The Morgan fingerprint density at radius 2 is 2.24 bits per heavy atom. The third kappa shape index (κ3) is 3.66. The summed E-state index contributed by atoms with van der Waals surface area (Å²) < 4.78 is 13.4. The van der Waals surface area contributed by atoms with E-state index in [2.05, 4.69) is 17.1 Å². The zero-order chi connectivity index (χ0) is 11.5. The average molecular weight is 259 g/mol. The molecule has 0 amide bonds. The number of hydrogen-bond acceptors (Lipinski definition) is 2. The van der Waals surface area contributed by atoms with E-state index < -0.39 is 0 Å². The van der Waals surface area contributed by atoms with Crippen LogP contribution in [0.3, 0.4) is 0 Å². The molecule has 1 fully saturated rings. The van der Waals surface area contributed by atoms with Crippen LogP contribution in [0.5, 0.6) is 0 Å². The summed E-state index contributed by atoms with van der Waals surface area (Å²) in [6.07, 6.45) is 0. The summed E-state index contributed by atoms with van der Waals surface area (Å²) >= 11 is 0. The van der Waals surface area contributed by atoms with E-state index in [1.165, 1.54) is 0 Å².